The molecular weight excluding hydrogens is 426 g/mol. The molecule has 0 spiro atoms. The van der Waals surface area contributed by atoms with Crippen molar-refractivity contribution < 1.29 is 9.53 Å². The molecule has 7 nitrogen and oxygen atoms in total. The van der Waals surface area contributed by atoms with Crippen LogP contribution in [0.3, 0.4) is 0 Å². The molecule has 1 aromatic carbocycles. The summed E-state index contributed by atoms with van der Waals surface area (Å²) < 4.78 is 5.91. The molecule has 2 aliphatic rings. The van der Waals surface area contributed by atoms with Gasteiger partial charge in [-0.1, -0.05) is 23.8 Å². The number of halogens is 1. The molecule has 3 N–H and O–H groups in total. The van der Waals surface area contributed by atoms with Gasteiger partial charge in [0.05, 0.1) is 16.0 Å². The number of nitrogens with zero attached hydrogens (tertiary/aromatic N) is 2. The highest BCUT2D eigenvalue weighted by molar-refractivity contribution is 6.35. The monoisotopic (exact) mass is 449 g/mol. The van der Waals surface area contributed by atoms with Gasteiger partial charge in [0.25, 0.3) is 0 Å². The number of allylic oxidation sites excluding steroid dienone is 4. The predicted octanol–water partition coefficient (Wildman–Crippen LogP) is 4.62. The van der Waals surface area contributed by atoms with Crippen molar-refractivity contribution in [2.45, 2.75) is 31.7 Å². The molecule has 1 fully saturated rings. The summed E-state index contributed by atoms with van der Waals surface area (Å²) in [5.74, 6) is 1.98. The van der Waals surface area contributed by atoms with E-state index < -0.39 is 0 Å². The number of ketones is 1. The fourth-order valence-electron chi connectivity index (χ4n) is 4.12. The van der Waals surface area contributed by atoms with Crippen LogP contribution in [0.15, 0.2) is 54.7 Å². The molecule has 3 aromatic rings. The molecule has 164 valence electrons. The third-order valence-electron chi connectivity index (χ3n) is 5.80. The predicted molar refractivity (Wildman–Crippen MR) is 125 cm³/mol. The number of fused-ring (bicyclic) bond motifs is 1. The number of benzene rings is 1. The van der Waals surface area contributed by atoms with Crippen LogP contribution in [-0.2, 0) is 0 Å². The first-order chi connectivity index (χ1) is 15.7. The Bertz CT molecular complexity index is 1210. The van der Waals surface area contributed by atoms with E-state index in [9.17, 15) is 4.79 Å². The van der Waals surface area contributed by atoms with Gasteiger partial charge in [0, 0.05) is 30.3 Å². The zero-order valence-electron chi connectivity index (χ0n) is 17.5. The first kappa shape index (κ1) is 20.7. The SMILES string of the molecule is O=C(c1ccc(OC2=CC=CCC2)cc1Cl)c1c[nH]c2ncnc(NC3CCNCC3)c12. The van der Waals surface area contributed by atoms with Crippen molar-refractivity contribution in [3.05, 3.63) is 70.9 Å². The molecule has 1 saturated heterocycles. The molecule has 0 amide bonds. The number of aromatic nitrogens is 3. The number of ether oxygens (including phenoxy) is 1. The van der Waals surface area contributed by atoms with Crippen molar-refractivity contribution in [1.29, 1.82) is 0 Å². The van der Waals surface area contributed by atoms with E-state index in [4.69, 9.17) is 16.3 Å². The average molecular weight is 450 g/mol. The summed E-state index contributed by atoms with van der Waals surface area (Å²) in [6, 6.07) is 5.48. The normalized spacial score (nSPS) is 16.7. The number of piperidine rings is 1. The Hall–Kier alpha value is -3.16. The second-order valence-electron chi connectivity index (χ2n) is 7.99. The van der Waals surface area contributed by atoms with Crippen molar-refractivity contribution in [2.75, 3.05) is 18.4 Å². The Kier molecular flexibility index (Phi) is 5.92. The lowest BCUT2D eigenvalue weighted by molar-refractivity contribution is 0.104. The van der Waals surface area contributed by atoms with Crippen LogP contribution in [0.1, 0.15) is 41.6 Å². The lowest BCUT2D eigenvalue weighted by Crippen LogP contribution is -2.35. The highest BCUT2D eigenvalue weighted by Gasteiger charge is 2.22. The maximum absolute atomic E-state index is 13.4. The standard InChI is InChI=1S/C24H24ClN5O2/c25-20-12-17(32-16-4-2-1-3-5-16)6-7-18(20)22(31)19-13-27-23-21(19)24(29-14-28-23)30-15-8-10-26-11-9-15/h1-2,4,6-7,12-15,26H,3,5,8-11H2,(H2,27,28,29,30). The number of nitrogens with one attached hydrogen (secondary N) is 3. The van der Waals surface area contributed by atoms with Crippen LogP contribution in [0.4, 0.5) is 5.82 Å². The Morgan fingerprint density at radius 1 is 1.19 bits per heavy atom. The van der Waals surface area contributed by atoms with Crippen LogP contribution in [0.2, 0.25) is 5.02 Å². The molecular formula is C24H24ClN5O2. The van der Waals surface area contributed by atoms with Gasteiger partial charge in [0.2, 0.25) is 0 Å². The third kappa shape index (κ3) is 4.26. The average Bonchev–Trinajstić information content (AvgIpc) is 3.26. The van der Waals surface area contributed by atoms with E-state index in [0.717, 1.165) is 44.5 Å². The summed E-state index contributed by atoms with van der Waals surface area (Å²) in [5, 5.41) is 7.89. The van der Waals surface area contributed by atoms with Gasteiger partial charge in [-0.15, -0.1) is 0 Å². The minimum absolute atomic E-state index is 0.184. The molecule has 0 radical (unpaired) electrons. The van der Waals surface area contributed by atoms with Crippen LogP contribution in [-0.4, -0.2) is 39.9 Å². The summed E-state index contributed by atoms with van der Waals surface area (Å²) in [7, 11) is 0. The maximum atomic E-state index is 13.4. The summed E-state index contributed by atoms with van der Waals surface area (Å²) in [4.78, 5) is 25.3. The third-order valence-corrected chi connectivity index (χ3v) is 6.12. The topological polar surface area (TPSA) is 91.9 Å². The molecule has 0 saturated carbocycles. The smallest absolute Gasteiger partial charge is 0.196 e. The van der Waals surface area contributed by atoms with E-state index in [2.05, 4.69) is 31.7 Å². The van der Waals surface area contributed by atoms with Gasteiger partial charge < -0.3 is 20.4 Å². The highest BCUT2D eigenvalue weighted by atomic mass is 35.5. The quantitative estimate of drug-likeness (QED) is 0.475. The number of rotatable bonds is 6. The molecule has 8 heteroatoms. The number of carbonyl (C=O) groups is 1. The first-order valence-corrected chi connectivity index (χ1v) is 11.2. The van der Waals surface area contributed by atoms with Gasteiger partial charge >= 0.3 is 0 Å². The van der Waals surface area contributed by atoms with Gasteiger partial charge in [-0.3, -0.25) is 4.79 Å². The van der Waals surface area contributed by atoms with Crippen molar-refractivity contribution in [3.8, 4) is 5.75 Å². The molecule has 1 aliphatic heterocycles. The molecule has 5 rings (SSSR count). The number of carbonyl (C=O) groups excluding carboxylic acids is 1. The van der Waals surface area contributed by atoms with Gasteiger partial charge in [0.1, 0.15) is 29.3 Å². The first-order valence-electron chi connectivity index (χ1n) is 10.9. The number of H-pyrrole nitrogens is 1. The van der Waals surface area contributed by atoms with Gasteiger partial charge in [0.15, 0.2) is 5.78 Å². The summed E-state index contributed by atoms with van der Waals surface area (Å²) in [5.41, 5.74) is 1.52. The van der Waals surface area contributed by atoms with E-state index in [1.807, 2.05) is 12.2 Å². The molecule has 32 heavy (non-hydrogen) atoms. The number of aromatic amines is 1. The Balaban J connectivity index is 1.43. The lowest BCUT2D eigenvalue weighted by atomic mass is 10.0. The van der Waals surface area contributed by atoms with E-state index in [-0.39, 0.29) is 5.78 Å². The second-order valence-corrected chi connectivity index (χ2v) is 8.40. The molecule has 0 atom stereocenters. The van der Waals surface area contributed by atoms with Crippen molar-refractivity contribution in [2.24, 2.45) is 0 Å². The van der Waals surface area contributed by atoms with E-state index >= 15 is 0 Å². The Morgan fingerprint density at radius 3 is 2.84 bits per heavy atom. The van der Waals surface area contributed by atoms with Crippen LogP contribution in [0, 0.1) is 0 Å². The van der Waals surface area contributed by atoms with Crippen LogP contribution >= 0.6 is 11.6 Å². The molecule has 1 aliphatic carbocycles. The van der Waals surface area contributed by atoms with Crippen LogP contribution < -0.4 is 15.4 Å². The number of hydrogen-bond acceptors (Lipinski definition) is 6. The highest BCUT2D eigenvalue weighted by Crippen LogP contribution is 2.31. The summed E-state index contributed by atoms with van der Waals surface area (Å²) >= 11 is 6.51. The summed E-state index contributed by atoms with van der Waals surface area (Å²) in [6.45, 7) is 1.92. The molecule has 0 bridgehead atoms. The lowest BCUT2D eigenvalue weighted by Gasteiger charge is -2.24. The zero-order valence-corrected chi connectivity index (χ0v) is 18.3. The van der Waals surface area contributed by atoms with E-state index in [1.165, 1.54) is 6.33 Å². The summed E-state index contributed by atoms with van der Waals surface area (Å²) in [6.07, 6.45) is 13.0. The second kappa shape index (κ2) is 9.14. The minimum atomic E-state index is -0.184. The van der Waals surface area contributed by atoms with Crippen LogP contribution in [0.25, 0.3) is 11.0 Å². The zero-order chi connectivity index (χ0) is 21.9. The maximum Gasteiger partial charge on any atom is 0.196 e. The van der Waals surface area contributed by atoms with Crippen molar-refractivity contribution in [1.82, 2.24) is 20.3 Å². The van der Waals surface area contributed by atoms with Gasteiger partial charge in [-0.25, -0.2) is 9.97 Å². The van der Waals surface area contributed by atoms with E-state index in [0.29, 0.717) is 44.8 Å². The molecule has 3 heterocycles. The van der Waals surface area contributed by atoms with E-state index in [1.54, 1.807) is 24.4 Å². The number of anilines is 1. The largest absolute Gasteiger partial charge is 0.462 e. The fourth-order valence-corrected chi connectivity index (χ4v) is 4.37. The van der Waals surface area contributed by atoms with Gasteiger partial charge in [-0.2, -0.15) is 0 Å². The Morgan fingerprint density at radius 2 is 2.06 bits per heavy atom. The van der Waals surface area contributed by atoms with Crippen molar-refractivity contribution >= 4 is 34.2 Å². The van der Waals surface area contributed by atoms with Crippen molar-refractivity contribution in [3.63, 3.8) is 0 Å². The van der Waals surface area contributed by atoms with Crippen LogP contribution in [0.5, 0.6) is 5.75 Å². The number of hydrogen-bond donors (Lipinski definition) is 3. The molecule has 2 aromatic heterocycles. The minimum Gasteiger partial charge on any atom is -0.462 e. The Labute approximate surface area is 190 Å². The van der Waals surface area contributed by atoms with Gasteiger partial charge in [-0.05, 0) is 50.6 Å². The molecule has 0 unspecified atom stereocenters. The fraction of sp³-hybridized carbons (Fsp3) is 0.292.